The Kier molecular flexibility index (Phi) is 6.16. The minimum Gasteiger partial charge on any atom is -0.316 e. The Labute approximate surface area is 127 Å². The number of sulfonamides is 1. The van der Waals surface area contributed by atoms with Crippen molar-refractivity contribution >= 4 is 49.9 Å². The number of anilines is 1. The van der Waals surface area contributed by atoms with E-state index in [1.54, 1.807) is 25.1 Å². The van der Waals surface area contributed by atoms with Crippen LogP contribution in [0, 0.1) is 3.57 Å². The lowest BCUT2D eigenvalue weighted by atomic mass is 10.3. The van der Waals surface area contributed by atoms with E-state index in [4.69, 9.17) is 11.6 Å². The van der Waals surface area contributed by atoms with Gasteiger partial charge in [0.15, 0.2) is 0 Å². The fourth-order valence-electron chi connectivity index (χ4n) is 1.28. The first kappa shape index (κ1) is 16.0. The van der Waals surface area contributed by atoms with Gasteiger partial charge >= 0.3 is 0 Å². The number of hydrogen-bond acceptors (Lipinski definition) is 3. The van der Waals surface area contributed by atoms with Crippen LogP contribution in [-0.2, 0) is 10.0 Å². The molecule has 0 radical (unpaired) electrons. The molecule has 0 saturated heterocycles. The molecule has 0 heterocycles. The Morgan fingerprint density at radius 3 is 2.67 bits per heavy atom. The van der Waals surface area contributed by atoms with Crippen LogP contribution in [0.1, 0.15) is 13.8 Å². The monoisotopic (exact) mass is 402 g/mol. The molecule has 1 aromatic rings. The predicted octanol–water partition coefficient (Wildman–Crippen LogP) is 2.68. The summed E-state index contributed by atoms with van der Waals surface area (Å²) in [6, 6.07) is 5.19. The average molecular weight is 403 g/mol. The molecule has 0 saturated carbocycles. The van der Waals surface area contributed by atoms with Crippen molar-refractivity contribution in [1.82, 2.24) is 5.32 Å². The summed E-state index contributed by atoms with van der Waals surface area (Å²) in [6.07, 6.45) is 0. The zero-order valence-electron chi connectivity index (χ0n) is 10.2. The molecule has 0 amide bonds. The Hall–Kier alpha value is -0.0500. The van der Waals surface area contributed by atoms with E-state index in [0.717, 1.165) is 10.1 Å². The van der Waals surface area contributed by atoms with Crippen LogP contribution in [0.3, 0.4) is 0 Å². The van der Waals surface area contributed by atoms with Gasteiger partial charge in [0.05, 0.1) is 16.0 Å². The molecule has 0 aliphatic rings. The molecule has 0 aliphatic heterocycles. The lowest BCUT2D eigenvalue weighted by Crippen LogP contribution is -2.34. The Morgan fingerprint density at radius 2 is 2.11 bits per heavy atom. The van der Waals surface area contributed by atoms with Crippen LogP contribution in [-0.4, -0.2) is 26.8 Å². The summed E-state index contributed by atoms with van der Waals surface area (Å²) in [5.41, 5.74) is 0.417. The molecule has 1 aromatic carbocycles. The van der Waals surface area contributed by atoms with Crippen molar-refractivity contribution < 1.29 is 8.42 Å². The maximum Gasteiger partial charge on any atom is 0.236 e. The van der Waals surface area contributed by atoms with Crippen LogP contribution >= 0.6 is 34.2 Å². The SMILES string of the molecule is CCNCC(C)S(=O)(=O)Nc1ccc(I)cc1Cl. The van der Waals surface area contributed by atoms with Crippen LogP contribution in [0.15, 0.2) is 18.2 Å². The normalized spacial score (nSPS) is 13.3. The molecule has 102 valence electrons. The minimum absolute atomic E-state index is 0.404. The molecular weight excluding hydrogens is 387 g/mol. The molecule has 1 atom stereocenters. The summed E-state index contributed by atoms with van der Waals surface area (Å²) in [7, 11) is -3.42. The molecule has 1 unspecified atom stereocenters. The zero-order chi connectivity index (χ0) is 13.8. The number of benzene rings is 1. The average Bonchev–Trinajstić information content (AvgIpc) is 2.29. The first-order valence-corrected chi connectivity index (χ1v) is 8.54. The van der Waals surface area contributed by atoms with E-state index >= 15 is 0 Å². The second-order valence-electron chi connectivity index (χ2n) is 3.89. The van der Waals surface area contributed by atoms with Gasteiger partial charge in [-0.1, -0.05) is 18.5 Å². The second kappa shape index (κ2) is 6.93. The van der Waals surface area contributed by atoms with Gasteiger partial charge in [-0.3, -0.25) is 4.72 Å². The molecule has 0 spiro atoms. The fraction of sp³-hybridized carbons (Fsp3) is 0.455. The summed E-state index contributed by atoms with van der Waals surface area (Å²) in [6.45, 7) is 4.74. The second-order valence-corrected chi connectivity index (χ2v) is 7.64. The van der Waals surface area contributed by atoms with Gasteiger partial charge in [-0.25, -0.2) is 8.42 Å². The van der Waals surface area contributed by atoms with E-state index < -0.39 is 15.3 Å². The van der Waals surface area contributed by atoms with Crippen LogP contribution in [0.25, 0.3) is 0 Å². The number of hydrogen-bond donors (Lipinski definition) is 2. The number of rotatable bonds is 6. The highest BCUT2D eigenvalue weighted by atomic mass is 127. The van der Waals surface area contributed by atoms with Gasteiger partial charge in [0, 0.05) is 10.1 Å². The Bertz CT molecular complexity index is 508. The third-order valence-electron chi connectivity index (χ3n) is 2.39. The predicted molar refractivity (Wildman–Crippen MR) is 84.7 cm³/mol. The minimum atomic E-state index is -3.42. The van der Waals surface area contributed by atoms with Gasteiger partial charge in [-0.05, 0) is 54.3 Å². The largest absolute Gasteiger partial charge is 0.316 e. The van der Waals surface area contributed by atoms with E-state index in [9.17, 15) is 8.42 Å². The van der Waals surface area contributed by atoms with E-state index in [1.165, 1.54) is 0 Å². The van der Waals surface area contributed by atoms with E-state index in [0.29, 0.717) is 17.3 Å². The maximum atomic E-state index is 12.0. The van der Waals surface area contributed by atoms with Crippen LogP contribution in [0.2, 0.25) is 5.02 Å². The topological polar surface area (TPSA) is 58.2 Å². The first-order chi connectivity index (χ1) is 8.36. The third kappa shape index (κ3) is 4.56. The molecule has 0 bridgehead atoms. The fourth-order valence-corrected chi connectivity index (χ4v) is 3.27. The zero-order valence-corrected chi connectivity index (χ0v) is 13.9. The Morgan fingerprint density at radius 1 is 1.44 bits per heavy atom. The van der Waals surface area contributed by atoms with Crippen molar-refractivity contribution in [3.8, 4) is 0 Å². The molecule has 0 fully saturated rings. The van der Waals surface area contributed by atoms with Crippen molar-refractivity contribution in [3.05, 3.63) is 26.8 Å². The van der Waals surface area contributed by atoms with Gasteiger partial charge in [-0.15, -0.1) is 0 Å². The van der Waals surface area contributed by atoms with E-state index in [2.05, 4.69) is 32.6 Å². The van der Waals surface area contributed by atoms with Crippen molar-refractivity contribution in [2.45, 2.75) is 19.1 Å². The summed E-state index contributed by atoms with van der Waals surface area (Å²) in [4.78, 5) is 0. The first-order valence-electron chi connectivity index (χ1n) is 5.54. The van der Waals surface area contributed by atoms with Gasteiger partial charge in [0.1, 0.15) is 0 Å². The van der Waals surface area contributed by atoms with Crippen molar-refractivity contribution in [1.29, 1.82) is 0 Å². The molecule has 4 nitrogen and oxygen atoms in total. The van der Waals surface area contributed by atoms with Gasteiger partial charge in [0.25, 0.3) is 0 Å². The smallest absolute Gasteiger partial charge is 0.236 e. The molecule has 0 aliphatic carbocycles. The van der Waals surface area contributed by atoms with Crippen LogP contribution in [0.4, 0.5) is 5.69 Å². The summed E-state index contributed by atoms with van der Waals surface area (Å²) in [5.74, 6) is 0. The van der Waals surface area contributed by atoms with Crippen LogP contribution in [0.5, 0.6) is 0 Å². The van der Waals surface area contributed by atoms with Crippen molar-refractivity contribution in [3.63, 3.8) is 0 Å². The molecule has 18 heavy (non-hydrogen) atoms. The molecule has 1 rings (SSSR count). The highest BCUT2D eigenvalue weighted by Gasteiger charge is 2.21. The van der Waals surface area contributed by atoms with Crippen molar-refractivity contribution in [2.24, 2.45) is 0 Å². The number of nitrogens with one attached hydrogen (secondary N) is 2. The summed E-state index contributed by atoms with van der Waals surface area (Å²) >= 11 is 8.12. The lowest BCUT2D eigenvalue weighted by Gasteiger charge is -2.15. The van der Waals surface area contributed by atoms with Crippen LogP contribution < -0.4 is 10.0 Å². The van der Waals surface area contributed by atoms with Gasteiger partial charge in [-0.2, -0.15) is 0 Å². The Balaban J connectivity index is 2.82. The molecule has 2 N–H and O–H groups in total. The maximum absolute atomic E-state index is 12.0. The lowest BCUT2D eigenvalue weighted by molar-refractivity contribution is 0.579. The molecule has 0 aromatic heterocycles. The highest BCUT2D eigenvalue weighted by molar-refractivity contribution is 14.1. The number of halogens is 2. The van der Waals surface area contributed by atoms with Gasteiger partial charge in [0.2, 0.25) is 10.0 Å². The molecule has 7 heteroatoms. The quantitative estimate of drug-likeness (QED) is 0.719. The standard InChI is InChI=1S/C11H16ClIN2O2S/c1-3-14-7-8(2)18(16,17)15-11-5-4-9(13)6-10(11)12/h4-6,8,14-15H,3,7H2,1-2H3. The third-order valence-corrected chi connectivity index (χ3v) is 5.11. The summed E-state index contributed by atoms with van der Waals surface area (Å²) < 4.78 is 27.5. The molecular formula is C11H16ClIN2O2S. The van der Waals surface area contributed by atoms with Crippen molar-refractivity contribution in [2.75, 3.05) is 17.8 Å². The highest BCUT2D eigenvalue weighted by Crippen LogP contribution is 2.25. The van der Waals surface area contributed by atoms with E-state index in [1.807, 2.05) is 6.92 Å². The summed E-state index contributed by atoms with van der Waals surface area (Å²) in [5, 5.41) is 2.89. The van der Waals surface area contributed by atoms with E-state index in [-0.39, 0.29) is 0 Å². The van der Waals surface area contributed by atoms with Gasteiger partial charge < -0.3 is 5.32 Å².